The summed E-state index contributed by atoms with van der Waals surface area (Å²) in [7, 11) is 2.66. The van der Waals surface area contributed by atoms with Gasteiger partial charge in [-0.2, -0.15) is 0 Å². The van der Waals surface area contributed by atoms with Gasteiger partial charge in [0.25, 0.3) is 0 Å². The number of alkyl halides is 2. The van der Waals surface area contributed by atoms with Gasteiger partial charge in [0.2, 0.25) is 5.79 Å². The third kappa shape index (κ3) is 1.94. The summed E-state index contributed by atoms with van der Waals surface area (Å²) < 4.78 is 11.2. The highest BCUT2D eigenvalue weighted by molar-refractivity contribution is 6.54. The molecule has 4 atom stereocenters. The molecule has 142 valence electrons. The van der Waals surface area contributed by atoms with Crippen molar-refractivity contribution in [3.63, 3.8) is 0 Å². The molecule has 1 aromatic rings. The molecule has 1 aromatic carbocycles. The van der Waals surface area contributed by atoms with Crippen LogP contribution in [0, 0.1) is 11.8 Å². The van der Waals surface area contributed by atoms with E-state index in [1.807, 2.05) is 6.07 Å². The number of methoxy groups -OCH3 is 2. The van der Waals surface area contributed by atoms with Crippen LogP contribution >= 0.6 is 46.4 Å². The van der Waals surface area contributed by atoms with Crippen LogP contribution in [0.25, 0.3) is 5.57 Å². The summed E-state index contributed by atoms with van der Waals surface area (Å²) in [4.78, 5) is 23.1. The largest absolute Gasteiger partial charge is 0.350 e. The molecule has 0 unspecified atom stereocenters. The van der Waals surface area contributed by atoms with Gasteiger partial charge in [0, 0.05) is 19.8 Å². The van der Waals surface area contributed by atoms with Crippen molar-refractivity contribution in [2.24, 2.45) is 11.8 Å². The van der Waals surface area contributed by atoms with Crippen molar-refractivity contribution < 1.29 is 19.1 Å². The quantitative estimate of drug-likeness (QED) is 0.516. The van der Waals surface area contributed by atoms with E-state index in [9.17, 15) is 9.59 Å². The molecule has 3 aliphatic rings. The molecule has 1 saturated carbocycles. The second-order valence-electron chi connectivity index (χ2n) is 6.72. The van der Waals surface area contributed by atoms with Gasteiger partial charge in [-0.05, 0) is 11.6 Å². The number of carbonyl (C=O) groups is 2. The fourth-order valence-corrected chi connectivity index (χ4v) is 6.88. The maximum Gasteiger partial charge on any atom is 0.218 e. The van der Waals surface area contributed by atoms with Crippen LogP contribution in [0.15, 0.2) is 46.5 Å². The zero-order valence-electron chi connectivity index (χ0n) is 14.3. The molecule has 0 spiro atoms. The van der Waals surface area contributed by atoms with Crippen molar-refractivity contribution in [3.05, 3.63) is 52.0 Å². The van der Waals surface area contributed by atoms with Crippen LogP contribution in [0.4, 0.5) is 0 Å². The average Bonchev–Trinajstić information content (AvgIpc) is 2.94. The lowest BCUT2D eigenvalue weighted by Crippen LogP contribution is -2.58. The lowest BCUT2D eigenvalue weighted by Gasteiger charge is -2.41. The van der Waals surface area contributed by atoms with Gasteiger partial charge < -0.3 is 9.47 Å². The Kier molecular flexibility index (Phi) is 4.36. The number of carbonyl (C=O) groups excluding carboxylic acids is 2. The minimum Gasteiger partial charge on any atom is -0.350 e. The van der Waals surface area contributed by atoms with E-state index in [1.165, 1.54) is 20.3 Å². The summed E-state index contributed by atoms with van der Waals surface area (Å²) >= 11 is 26.7. The molecular weight excluding hydrogens is 434 g/mol. The Hall–Kier alpha value is -0.880. The van der Waals surface area contributed by atoms with E-state index in [2.05, 4.69) is 0 Å². The number of hydrogen-bond donors (Lipinski definition) is 0. The lowest BCUT2D eigenvalue weighted by atomic mass is 9.70. The molecule has 0 aliphatic heterocycles. The normalized spacial score (nSPS) is 36.9. The second kappa shape index (κ2) is 6.06. The summed E-state index contributed by atoms with van der Waals surface area (Å²) in [6.07, 6.45) is 1.29. The Morgan fingerprint density at radius 2 is 1.41 bits per heavy atom. The summed E-state index contributed by atoms with van der Waals surface area (Å²) in [5.41, 5.74) is 0.851. The van der Waals surface area contributed by atoms with E-state index < -0.39 is 27.4 Å². The molecule has 2 bridgehead atoms. The van der Waals surface area contributed by atoms with Gasteiger partial charge >= 0.3 is 0 Å². The van der Waals surface area contributed by atoms with Crippen LogP contribution in [-0.4, -0.2) is 41.3 Å². The SMILES string of the molecule is COC1(OC)[C@@]2(Cl)C(Cl)=C(Cl)[C@@]1(Cl)[C@H]1C(=O)C(c3ccccc3)=CC(=O)[C@H]12. The predicted molar refractivity (Wildman–Crippen MR) is 104 cm³/mol. The average molecular weight is 448 g/mol. The number of ether oxygens (including phenoxy) is 2. The maximum atomic E-state index is 13.5. The van der Waals surface area contributed by atoms with Gasteiger partial charge in [0.15, 0.2) is 11.6 Å². The number of fused-ring (bicyclic) bond motifs is 5. The molecule has 8 heteroatoms. The first kappa shape index (κ1) is 19.4. The van der Waals surface area contributed by atoms with Crippen LogP contribution in [0.3, 0.4) is 0 Å². The first-order valence-corrected chi connectivity index (χ1v) is 9.63. The van der Waals surface area contributed by atoms with Gasteiger partial charge in [0.1, 0.15) is 9.75 Å². The molecule has 0 aromatic heterocycles. The molecule has 4 nitrogen and oxygen atoms in total. The third-order valence-electron chi connectivity index (χ3n) is 5.78. The topological polar surface area (TPSA) is 52.6 Å². The fourth-order valence-electron chi connectivity index (χ4n) is 4.70. The van der Waals surface area contributed by atoms with E-state index in [0.29, 0.717) is 5.56 Å². The van der Waals surface area contributed by atoms with Gasteiger partial charge in [-0.3, -0.25) is 9.59 Å². The van der Waals surface area contributed by atoms with Crippen molar-refractivity contribution in [1.82, 2.24) is 0 Å². The van der Waals surface area contributed by atoms with Crippen LogP contribution in [0.1, 0.15) is 5.56 Å². The molecular formula is C19H14Cl4O4. The van der Waals surface area contributed by atoms with Crippen LogP contribution < -0.4 is 0 Å². The van der Waals surface area contributed by atoms with Gasteiger partial charge in [-0.1, -0.05) is 53.5 Å². The van der Waals surface area contributed by atoms with Crippen molar-refractivity contribution >= 4 is 63.5 Å². The molecule has 0 N–H and O–H groups in total. The number of allylic oxidation sites excluding steroid dienone is 2. The summed E-state index contributed by atoms with van der Waals surface area (Å²) in [6.45, 7) is 0. The molecule has 3 aliphatic carbocycles. The second-order valence-corrected chi connectivity index (χ2v) is 8.67. The van der Waals surface area contributed by atoms with E-state index in [1.54, 1.807) is 24.3 Å². The number of benzene rings is 1. The van der Waals surface area contributed by atoms with Crippen molar-refractivity contribution in [2.45, 2.75) is 15.5 Å². The monoisotopic (exact) mass is 446 g/mol. The van der Waals surface area contributed by atoms with Gasteiger partial charge in [-0.15, -0.1) is 23.2 Å². The standard InChI is InChI=1S/C19H14Cl4O4/c1-26-19(27-2)17(22)12-11(24)8-10(9-6-4-3-5-7-9)14(25)13(12)18(19,23)16(21)15(17)20/h3-8,12-13H,1-2H3/t12-,13-,17+,18+/m1/s1. The van der Waals surface area contributed by atoms with Crippen LogP contribution in [-0.2, 0) is 19.1 Å². The summed E-state index contributed by atoms with van der Waals surface area (Å²) in [6, 6.07) is 8.85. The van der Waals surface area contributed by atoms with Crippen LogP contribution in [0.2, 0.25) is 0 Å². The van der Waals surface area contributed by atoms with Crippen molar-refractivity contribution in [1.29, 1.82) is 0 Å². The minimum atomic E-state index is -1.78. The Labute approximate surface area is 176 Å². The van der Waals surface area contributed by atoms with E-state index in [-0.39, 0.29) is 27.2 Å². The highest BCUT2D eigenvalue weighted by Gasteiger charge is 2.87. The number of halogens is 4. The minimum absolute atomic E-state index is 0.0384. The summed E-state index contributed by atoms with van der Waals surface area (Å²) in [5.74, 6) is -4.66. The smallest absolute Gasteiger partial charge is 0.218 e. The summed E-state index contributed by atoms with van der Waals surface area (Å²) in [5, 5.41) is -0.0789. The van der Waals surface area contributed by atoms with Crippen molar-refractivity contribution in [2.75, 3.05) is 14.2 Å². The maximum absolute atomic E-state index is 13.5. The molecule has 0 heterocycles. The zero-order chi connectivity index (χ0) is 19.8. The van der Waals surface area contributed by atoms with Crippen molar-refractivity contribution in [3.8, 4) is 0 Å². The van der Waals surface area contributed by atoms with E-state index >= 15 is 0 Å². The first-order chi connectivity index (χ1) is 12.7. The number of hydrogen-bond acceptors (Lipinski definition) is 4. The molecule has 4 rings (SSSR count). The number of rotatable bonds is 3. The van der Waals surface area contributed by atoms with Gasteiger partial charge in [-0.25, -0.2) is 0 Å². The Morgan fingerprint density at radius 3 is 1.93 bits per heavy atom. The number of Topliss-reactive ketones (excluding diaryl/α,β-unsaturated/α-hetero) is 1. The lowest BCUT2D eigenvalue weighted by molar-refractivity contribution is -0.220. The third-order valence-corrected chi connectivity index (χ3v) is 8.39. The first-order valence-electron chi connectivity index (χ1n) is 8.11. The molecule has 1 fully saturated rings. The Bertz CT molecular complexity index is 921. The van der Waals surface area contributed by atoms with Crippen LogP contribution in [0.5, 0.6) is 0 Å². The molecule has 0 saturated heterocycles. The highest BCUT2D eigenvalue weighted by Crippen LogP contribution is 2.75. The molecule has 0 radical (unpaired) electrons. The molecule has 27 heavy (non-hydrogen) atoms. The highest BCUT2D eigenvalue weighted by atomic mass is 35.5. The predicted octanol–water partition coefficient (Wildman–Crippen LogP) is 4.11. The Balaban J connectivity index is 1.98. The number of ketones is 2. The van der Waals surface area contributed by atoms with Gasteiger partial charge in [0.05, 0.1) is 21.9 Å². The zero-order valence-corrected chi connectivity index (χ0v) is 17.3. The fraction of sp³-hybridized carbons (Fsp3) is 0.368. The van der Waals surface area contributed by atoms with E-state index in [4.69, 9.17) is 55.9 Å². The van der Waals surface area contributed by atoms with E-state index in [0.717, 1.165) is 0 Å². The molecule has 0 amide bonds. The Morgan fingerprint density at radius 1 is 0.889 bits per heavy atom.